The van der Waals surface area contributed by atoms with Gasteiger partial charge in [0.1, 0.15) is 5.82 Å². The molecule has 0 fully saturated rings. The Bertz CT molecular complexity index is 605. The zero-order chi connectivity index (χ0) is 14.9. The minimum Gasteiger partial charge on any atom is -0.323 e. The van der Waals surface area contributed by atoms with Crippen LogP contribution in [0.1, 0.15) is 36.6 Å². The van der Waals surface area contributed by atoms with Crippen molar-refractivity contribution in [3.05, 3.63) is 70.0 Å². The fourth-order valence-corrected chi connectivity index (χ4v) is 2.47. The Labute approximate surface area is 124 Å². The van der Waals surface area contributed by atoms with E-state index in [0.717, 1.165) is 16.7 Å². The molecule has 20 heavy (non-hydrogen) atoms. The monoisotopic (exact) mass is 291 g/mol. The first kappa shape index (κ1) is 15.0. The van der Waals surface area contributed by atoms with Crippen LogP contribution in [-0.2, 0) is 5.41 Å². The summed E-state index contributed by atoms with van der Waals surface area (Å²) in [4.78, 5) is 0. The average Bonchev–Trinajstić information content (AvgIpc) is 2.41. The standard InChI is InChI=1S/C17H19ClFN/c1-11-4-5-12(10-15(11)18)16(20)17(2,3)13-6-8-14(19)9-7-13/h4-10,16H,20H2,1-3H3. The Kier molecular flexibility index (Phi) is 4.17. The van der Waals surface area contributed by atoms with Crippen LogP contribution in [0.3, 0.4) is 0 Å². The Morgan fingerprint density at radius 1 is 1.10 bits per heavy atom. The van der Waals surface area contributed by atoms with Gasteiger partial charge in [0, 0.05) is 16.5 Å². The normalized spacial score (nSPS) is 13.3. The van der Waals surface area contributed by atoms with Crippen molar-refractivity contribution in [2.45, 2.75) is 32.2 Å². The molecule has 2 N–H and O–H groups in total. The molecule has 0 saturated carbocycles. The van der Waals surface area contributed by atoms with Gasteiger partial charge in [-0.25, -0.2) is 4.39 Å². The molecule has 0 aliphatic rings. The van der Waals surface area contributed by atoms with Crippen molar-refractivity contribution in [1.82, 2.24) is 0 Å². The summed E-state index contributed by atoms with van der Waals surface area (Å²) in [7, 11) is 0. The van der Waals surface area contributed by atoms with E-state index in [1.807, 2.05) is 25.1 Å². The molecule has 1 unspecified atom stereocenters. The molecule has 0 spiro atoms. The minimum absolute atomic E-state index is 0.217. The summed E-state index contributed by atoms with van der Waals surface area (Å²) in [5.41, 5.74) is 9.11. The number of hydrogen-bond acceptors (Lipinski definition) is 1. The smallest absolute Gasteiger partial charge is 0.123 e. The van der Waals surface area contributed by atoms with Crippen molar-refractivity contribution < 1.29 is 4.39 Å². The van der Waals surface area contributed by atoms with Crippen LogP contribution in [0.15, 0.2) is 42.5 Å². The van der Waals surface area contributed by atoms with E-state index in [0.29, 0.717) is 5.02 Å². The van der Waals surface area contributed by atoms with Crippen LogP contribution in [0, 0.1) is 12.7 Å². The van der Waals surface area contributed by atoms with E-state index in [2.05, 4.69) is 13.8 Å². The number of rotatable bonds is 3. The number of nitrogens with two attached hydrogens (primary N) is 1. The molecular weight excluding hydrogens is 273 g/mol. The van der Waals surface area contributed by atoms with Crippen molar-refractivity contribution in [3.63, 3.8) is 0 Å². The Hall–Kier alpha value is -1.38. The quantitative estimate of drug-likeness (QED) is 0.866. The maximum absolute atomic E-state index is 13.0. The van der Waals surface area contributed by atoms with Crippen LogP contribution in [0.25, 0.3) is 0 Å². The molecule has 0 heterocycles. The SMILES string of the molecule is Cc1ccc(C(N)C(C)(C)c2ccc(F)cc2)cc1Cl. The number of hydrogen-bond donors (Lipinski definition) is 1. The zero-order valence-corrected chi connectivity index (χ0v) is 12.7. The Balaban J connectivity index is 2.37. The second kappa shape index (κ2) is 5.55. The van der Waals surface area contributed by atoms with Crippen molar-refractivity contribution >= 4 is 11.6 Å². The van der Waals surface area contributed by atoms with Crippen LogP contribution in [-0.4, -0.2) is 0 Å². The van der Waals surface area contributed by atoms with E-state index in [9.17, 15) is 4.39 Å². The molecule has 0 bridgehead atoms. The van der Waals surface area contributed by atoms with Gasteiger partial charge in [0.15, 0.2) is 0 Å². The molecule has 0 radical (unpaired) electrons. The highest BCUT2D eigenvalue weighted by Crippen LogP contribution is 2.36. The van der Waals surface area contributed by atoms with Crippen molar-refractivity contribution in [2.75, 3.05) is 0 Å². The van der Waals surface area contributed by atoms with Gasteiger partial charge in [-0.1, -0.05) is 49.7 Å². The maximum Gasteiger partial charge on any atom is 0.123 e. The highest BCUT2D eigenvalue weighted by atomic mass is 35.5. The maximum atomic E-state index is 13.0. The second-order valence-electron chi connectivity index (χ2n) is 5.71. The lowest BCUT2D eigenvalue weighted by Crippen LogP contribution is -2.33. The largest absolute Gasteiger partial charge is 0.323 e. The molecule has 3 heteroatoms. The van der Waals surface area contributed by atoms with E-state index < -0.39 is 0 Å². The predicted molar refractivity (Wildman–Crippen MR) is 82.5 cm³/mol. The third kappa shape index (κ3) is 2.87. The van der Waals surface area contributed by atoms with Crippen molar-refractivity contribution in [1.29, 1.82) is 0 Å². The fourth-order valence-electron chi connectivity index (χ4n) is 2.28. The van der Waals surface area contributed by atoms with Gasteiger partial charge in [0.05, 0.1) is 0 Å². The van der Waals surface area contributed by atoms with E-state index in [-0.39, 0.29) is 17.3 Å². The van der Waals surface area contributed by atoms with Gasteiger partial charge >= 0.3 is 0 Å². The lowest BCUT2D eigenvalue weighted by atomic mass is 9.75. The molecule has 2 rings (SSSR count). The van der Waals surface area contributed by atoms with Crippen LogP contribution in [0.2, 0.25) is 5.02 Å². The van der Waals surface area contributed by atoms with E-state index in [4.69, 9.17) is 17.3 Å². The van der Waals surface area contributed by atoms with E-state index in [1.54, 1.807) is 12.1 Å². The van der Waals surface area contributed by atoms with E-state index in [1.165, 1.54) is 12.1 Å². The van der Waals surface area contributed by atoms with Crippen LogP contribution < -0.4 is 5.73 Å². The van der Waals surface area contributed by atoms with Gasteiger partial charge in [-0.15, -0.1) is 0 Å². The Morgan fingerprint density at radius 2 is 1.70 bits per heavy atom. The topological polar surface area (TPSA) is 26.0 Å². The van der Waals surface area contributed by atoms with Crippen molar-refractivity contribution in [3.8, 4) is 0 Å². The number of halogens is 2. The molecule has 2 aromatic carbocycles. The summed E-state index contributed by atoms with van der Waals surface area (Å²) in [6.45, 7) is 6.07. The molecule has 106 valence electrons. The van der Waals surface area contributed by atoms with Gasteiger partial charge < -0.3 is 5.73 Å². The predicted octanol–water partition coefficient (Wildman–Crippen LogP) is 4.77. The fraction of sp³-hybridized carbons (Fsp3) is 0.294. The number of benzene rings is 2. The highest BCUT2D eigenvalue weighted by molar-refractivity contribution is 6.31. The van der Waals surface area contributed by atoms with Gasteiger partial charge in [0.2, 0.25) is 0 Å². The molecule has 1 atom stereocenters. The molecule has 0 amide bonds. The third-order valence-corrected chi connectivity index (χ3v) is 4.33. The molecule has 0 saturated heterocycles. The molecular formula is C17H19ClFN. The zero-order valence-electron chi connectivity index (χ0n) is 12.0. The Morgan fingerprint density at radius 3 is 2.25 bits per heavy atom. The first-order valence-corrected chi connectivity index (χ1v) is 6.98. The summed E-state index contributed by atoms with van der Waals surface area (Å²) < 4.78 is 13.0. The first-order chi connectivity index (χ1) is 9.32. The third-order valence-electron chi connectivity index (χ3n) is 3.92. The summed E-state index contributed by atoms with van der Waals surface area (Å²) in [6.07, 6.45) is 0. The first-order valence-electron chi connectivity index (χ1n) is 6.60. The summed E-state index contributed by atoms with van der Waals surface area (Å²) >= 11 is 6.17. The minimum atomic E-state index is -0.313. The molecule has 0 aliphatic carbocycles. The molecule has 0 aromatic heterocycles. The summed E-state index contributed by atoms with van der Waals surface area (Å²) in [5.74, 6) is -0.239. The van der Waals surface area contributed by atoms with Gasteiger partial charge in [-0.3, -0.25) is 0 Å². The molecule has 0 aliphatic heterocycles. The van der Waals surface area contributed by atoms with Crippen LogP contribution in [0.5, 0.6) is 0 Å². The summed E-state index contributed by atoms with van der Waals surface area (Å²) in [5, 5.41) is 0.716. The highest BCUT2D eigenvalue weighted by Gasteiger charge is 2.30. The lowest BCUT2D eigenvalue weighted by molar-refractivity contribution is 0.420. The number of aryl methyl sites for hydroxylation is 1. The van der Waals surface area contributed by atoms with Gasteiger partial charge in [-0.2, -0.15) is 0 Å². The van der Waals surface area contributed by atoms with E-state index >= 15 is 0 Å². The van der Waals surface area contributed by atoms with Gasteiger partial charge in [0.25, 0.3) is 0 Å². The second-order valence-corrected chi connectivity index (χ2v) is 6.12. The van der Waals surface area contributed by atoms with Crippen LogP contribution in [0.4, 0.5) is 4.39 Å². The molecule has 1 nitrogen and oxygen atoms in total. The summed E-state index contributed by atoms with van der Waals surface area (Å²) in [6, 6.07) is 12.2. The molecule has 2 aromatic rings. The van der Waals surface area contributed by atoms with Crippen LogP contribution >= 0.6 is 11.6 Å². The average molecular weight is 292 g/mol. The van der Waals surface area contributed by atoms with Crippen molar-refractivity contribution in [2.24, 2.45) is 5.73 Å². The van der Waals surface area contributed by atoms with Gasteiger partial charge in [-0.05, 0) is 41.8 Å². The lowest BCUT2D eigenvalue weighted by Gasteiger charge is -2.33.